The number of hydrogen-bond donors (Lipinski definition) is 2. The molecule has 0 aliphatic heterocycles. The summed E-state index contributed by atoms with van der Waals surface area (Å²) >= 11 is 1.15. The largest absolute Gasteiger partial charge is 0.335 e. The molecule has 0 saturated carbocycles. The highest BCUT2D eigenvalue weighted by Crippen LogP contribution is 2.26. The molecule has 8 nitrogen and oxygen atoms in total. The van der Waals surface area contributed by atoms with Gasteiger partial charge in [0.2, 0.25) is 11.1 Å². The van der Waals surface area contributed by atoms with Crippen molar-refractivity contribution in [2.45, 2.75) is 44.9 Å². The highest BCUT2D eigenvalue weighted by Gasteiger charge is 2.15. The highest BCUT2D eigenvalue weighted by molar-refractivity contribution is 7.99. The third-order valence-electron chi connectivity index (χ3n) is 4.25. The summed E-state index contributed by atoms with van der Waals surface area (Å²) in [5.74, 6) is -0.367. The van der Waals surface area contributed by atoms with Crippen LogP contribution >= 0.6 is 11.8 Å². The number of thioether (sulfide) groups is 1. The monoisotopic (exact) mass is 386 g/mol. The summed E-state index contributed by atoms with van der Waals surface area (Å²) in [4.78, 5) is 28.2. The molecule has 2 aromatic heterocycles. The average molecular weight is 386 g/mol. The molecule has 0 aliphatic rings. The Bertz CT molecular complexity index is 987. The first-order valence-corrected chi connectivity index (χ1v) is 9.86. The number of fused-ring (bicyclic) bond motifs is 3. The standard InChI is InChI=1S/C18H22N6O2S/c1-4-11(3)19-17(26)20-14(25)10-27-18-21-16-15(22-23-18)12-8-6-7-9-13(12)24(16)5-2/h6-9,11H,4-5,10H2,1-3H3,(H2,19,20,25,26)/t11-/m1/s1. The average Bonchev–Trinajstić information content (AvgIpc) is 2.99. The minimum Gasteiger partial charge on any atom is -0.335 e. The Labute approximate surface area is 161 Å². The highest BCUT2D eigenvalue weighted by atomic mass is 32.2. The summed E-state index contributed by atoms with van der Waals surface area (Å²) in [6.07, 6.45) is 0.793. The summed E-state index contributed by atoms with van der Waals surface area (Å²) in [6.45, 7) is 6.63. The van der Waals surface area contributed by atoms with E-state index < -0.39 is 11.9 Å². The van der Waals surface area contributed by atoms with Crippen molar-refractivity contribution >= 4 is 45.8 Å². The molecule has 0 fully saturated rings. The van der Waals surface area contributed by atoms with Gasteiger partial charge in [-0.3, -0.25) is 10.1 Å². The van der Waals surface area contributed by atoms with Crippen molar-refractivity contribution in [1.82, 2.24) is 30.4 Å². The van der Waals surface area contributed by atoms with Gasteiger partial charge in [0.05, 0.1) is 11.3 Å². The van der Waals surface area contributed by atoms with E-state index in [9.17, 15) is 9.59 Å². The molecule has 3 aromatic rings. The lowest BCUT2D eigenvalue weighted by Crippen LogP contribution is -2.43. The van der Waals surface area contributed by atoms with E-state index in [1.165, 1.54) is 0 Å². The predicted molar refractivity (Wildman–Crippen MR) is 106 cm³/mol. The Morgan fingerprint density at radius 1 is 1.22 bits per heavy atom. The van der Waals surface area contributed by atoms with Crippen LogP contribution in [-0.2, 0) is 11.3 Å². The molecule has 1 aromatic carbocycles. The van der Waals surface area contributed by atoms with Crippen LogP contribution in [0, 0.1) is 0 Å². The number of rotatable bonds is 6. The molecule has 0 aliphatic carbocycles. The number of urea groups is 1. The molecule has 1 atom stereocenters. The smallest absolute Gasteiger partial charge is 0.321 e. The summed E-state index contributed by atoms with van der Waals surface area (Å²) in [7, 11) is 0. The number of aromatic nitrogens is 4. The molecule has 3 amide bonds. The first-order chi connectivity index (χ1) is 13.0. The van der Waals surface area contributed by atoms with Gasteiger partial charge < -0.3 is 9.88 Å². The van der Waals surface area contributed by atoms with E-state index in [-0.39, 0.29) is 11.8 Å². The third-order valence-corrected chi connectivity index (χ3v) is 5.08. The number of carbonyl (C=O) groups is 2. The number of aryl methyl sites for hydroxylation is 1. The topological polar surface area (TPSA) is 102 Å². The van der Waals surface area contributed by atoms with E-state index in [0.29, 0.717) is 5.16 Å². The van der Waals surface area contributed by atoms with Gasteiger partial charge in [-0.2, -0.15) is 0 Å². The zero-order chi connectivity index (χ0) is 19.4. The van der Waals surface area contributed by atoms with Crippen molar-refractivity contribution in [3.05, 3.63) is 24.3 Å². The molecular formula is C18H22N6O2S. The van der Waals surface area contributed by atoms with Crippen LogP contribution in [0.1, 0.15) is 27.2 Å². The van der Waals surface area contributed by atoms with Gasteiger partial charge in [0, 0.05) is 18.0 Å². The molecule has 0 radical (unpaired) electrons. The van der Waals surface area contributed by atoms with Crippen molar-refractivity contribution in [1.29, 1.82) is 0 Å². The predicted octanol–water partition coefficient (Wildman–Crippen LogP) is 2.72. The fourth-order valence-electron chi connectivity index (χ4n) is 2.73. The zero-order valence-corrected chi connectivity index (χ0v) is 16.3. The van der Waals surface area contributed by atoms with Crippen LogP contribution in [0.25, 0.3) is 22.1 Å². The van der Waals surface area contributed by atoms with Gasteiger partial charge >= 0.3 is 6.03 Å². The summed E-state index contributed by atoms with van der Waals surface area (Å²) in [6, 6.07) is 7.48. The molecule has 0 bridgehead atoms. The number of benzene rings is 1. The Kier molecular flexibility index (Phi) is 5.90. The van der Waals surface area contributed by atoms with E-state index >= 15 is 0 Å². The Morgan fingerprint density at radius 3 is 2.74 bits per heavy atom. The molecule has 2 heterocycles. The van der Waals surface area contributed by atoms with Crippen LogP contribution in [0.5, 0.6) is 0 Å². The molecular weight excluding hydrogens is 364 g/mol. The van der Waals surface area contributed by atoms with Crippen LogP contribution < -0.4 is 10.6 Å². The maximum atomic E-state index is 12.0. The second-order valence-electron chi connectivity index (χ2n) is 6.15. The van der Waals surface area contributed by atoms with Crippen molar-refractivity contribution < 1.29 is 9.59 Å². The second-order valence-corrected chi connectivity index (χ2v) is 7.09. The normalized spacial score (nSPS) is 12.3. The van der Waals surface area contributed by atoms with Crippen LogP contribution in [0.15, 0.2) is 29.4 Å². The lowest BCUT2D eigenvalue weighted by Gasteiger charge is -2.11. The van der Waals surface area contributed by atoms with Crippen molar-refractivity contribution in [2.75, 3.05) is 5.75 Å². The number of nitrogens with one attached hydrogen (secondary N) is 2. The van der Waals surface area contributed by atoms with E-state index in [4.69, 9.17) is 0 Å². The quantitative estimate of drug-likeness (QED) is 0.632. The fraction of sp³-hybridized carbons (Fsp3) is 0.389. The van der Waals surface area contributed by atoms with Gasteiger partial charge in [-0.15, -0.1) is 10.2 Å². The van der Waals surface area contributed by atoms with Gasteiger partial charge in [0.25, 0.3) is 0 Å². The molecule has 0 spiro atoms. The van der Waals surface area contributed by atoms with Crippen LogP contribution in [0.2, 0.25) is 0 Å². The molecule has 0 unspecified atom stereocenters. The van der Waals surface area contributed by atoms with Gasteiger partial charge in [-0.25, -0.2) is 9.78 Å². The Balaban J connectivity index is 1.72. The number of imide groups is 1. The van der Waals surface area contributed by atoms with E-state index in [2.05, 4.69) is 30.4 Å². The molecule has 0 saturated heterocycles. The lowest BCUT2D eigenvalue weighted by molar-refractivity contribution is -0.117. The number of para-hydroxylation sites is 1. The van der Waals surface area contributed by atoms with Crippen LogP contribution in [-0.4, -0.2) is 43.5 Å². The maximum absolute atomic E-state index is 12.0. The number of nitrogens with zero attached hydrogens (tertiary/aromatic N) is 4. The SMILES string of the molecule is CC[C@@H](C)NC(=O)NC(=O)CSc1nnc2c3ccccc3n(CC)c2n1. The van der Waals surface area contributed by atoms with Crippen molar-refractivity contribution in [2.24, 2.45) is 0 Å². The number of hydrogen-bond acceptors (Lipinski definition) is 6. The van der Waals surface area contributed by atoms with E-state index in [1.807, 2.05) is 45.0 Å². The van der Waals surface area contributed by atoms with Gasteiger partial charge in [-0.1, -0.05) is 36.9 Å². The van der Waals surface area contributed by atoms with Crippen molar-refractivity contribution in [3.8, 4) is 0 Å². The second kappa shape index (κ2) is 8.34. The molecule has 9 heteroatoms. The zero-order valence-electron chi connectivity index (χ0n) is 15.5. The minimum absolute atomic E-state index is 0.0105. The Hall–Kier alpha value is -2.68. The maximum Gasteiger partial charge on any atom is 0.321 e. The summed E-state index contributed by atoms with van der Waals surface area (Å²) in [5, 5.41) is 14.8. The number of amides is 3. The molecule has 3 rings (SSSR count). The van der Waals surface area contributed by atoms with E-state index in [1.54, 1.807) is 0 Å². The van der Waals surface area contributed by atoms with Crippen LogP contribution in [0.3, 0.4) is 0 Å². The van der Waals surface area contributed by atoms with Gasteiger partial charge in [-0.05, 0) is 26.3 Å². The van der Waals surface area contributed by atoms with Crippen LogP contribution in [0.4, 0.5) is 4.79 Å². The summed E-state index contributed by atoms with van der Waals surface area (Å²) < 4.78 is 2.07. The molecule has 142 valence electrons. The van der Waals surface area contributed by atoms with Gasteiger partial charge in [0.1, 0.15) is 5.52 Å². The van der Waals surface area contributed by atoms with Gasteiger partial charge in [0.15, 0.2) is 5.65 Å². The fourth-order valence-corrected chi connectivity index (χ4v) is 3.31. The Morgan fingerprint density at radius 2 is 2.00 bits per heavy atom. The molecule has 2 N–H and O–H groups in total. The molecule has 27 heavy (non-hydrogen) atoms. The lowest BCUT2D eigenvalue weighted by atomic mass is 10.2. The first kappa shape index (κ1) is 19.1. The van der Waals surface area contributed by atoms with E-state index in [0.717, 1.165) is 46.8 Å². The number of carbonyl (C=O) groups excluding carboxylic acids is 2. The first-order valence-electron chi connectivity index (χ1n) is 8.88. The summed E-state index contributed by atoms with van der Waals surface area (Å²) in [5.41, 5.74) is 2.54. The van der Waals surface area contributed by atoms with Crippen molar-refractivity contribution in [3.63, 3.8) is 0 Å². The minimum atomic E-state index is -0.490. The third kappa shape index (κ3) is 4.19.